The Labute approximate surface area is 103 Å². The van der Waals surface area contributed by atoms with Crippen molar-refractivity contribution in [2.75, 3.05) is 13.2 Å². The number of hydrogen-bond donors (Lipinski definition) is 2. The molecule has 1 rings (SSSR count). The minimum atomic E-state index is -0.0433. The van der Waals surface area contributed by atoms with Crippen LogP contribution in [-0.4, -0.2) is 24.2 Å². The van der Waals surface area contributed by atoms with E-state index in [4.69, 9.17) is 5.11 Å². The first-order valence-electron chi connectivity index (χ1n) is 6.14. The topological polar surface area (TPSA) is 49.3 Å². The van der Waals surface area contributed by atoms with Crippen LogP contribution in [0.5, 0.6) is 0 Å². The maximum atomic E-state index is 11.7. The predicted octanol–water partition coefficient (Wildman–Crippen LogP) is 2.31. The zero-order chi connectivity index (χ0) is 12.7. The third-order valence-corrected chi connectivity index (χ3v) is 2.71. The van der Waals surface area contributed by atoms with E-state index >= 15 is 0 Å². The number of unbranched alkanes of at least 4 members (excludes halogenated alkanes) is 1. The number of aliphatic hydroxyl groups excluding tert-OH is 1. The molecule has 0 bridgehead atoms. The van der Waals surface area contributed by atoms with Crippen molar-refractivity contribution >= 4 is 5.91 Å². The van der Waals surface area contributed by atoms with E-state index in [1.54, 1.807) is 0 Å². The van der Waals surface area contributed by atoms with Gasteiger partial charge < -0.3 is 10.4 Å². The lowest BCUT2D eigenvalue weighted by Crippen LogP contribution is -2.24. The smallest absolute Gasteiger partial charge is 0.251 e. The summed E-state index contributed by atoms with van der Waals surface area (Å²) in [5.41, 5.74) is 1.93. The van der Waals surface area contributed by atoms with E-state index in [1.165, 1.54) is 5.56 Å². The van der Waals surface area contributed by atoms with E-state index in [0.29, 0.717) is 18.0 Å². The molecular weight excluding hydrogens is 214 g/mol. The maximum absolute atomic E-state index is 11.7. The Bertz CT molecular complexity index is 344. The van der Waals surface area contributed by atoms with Gasteiger partial charge in [0, 0.05) is 18.7 Å². The van der Waals surface area contributed by atoms with Crippen molar-refractivity contribution in [3.05, 3.63) is 35.4 Å². The fraction of sp³-hybridized carbons (Fsp3) is 0.500. The molecule has 0 spiro atoms. The number of hydrogen-bond acceptors (Lipinski definition) is 2. The van der Waals surface area contributed by atoms with Crippen LogP contribution in [0.2, 0.25) is 0 Å². The van der Waals surface area contributed by atoms with Gasteiger partial charge in [-0.25, -0.2) is 0 Å². The molecule has 0 aliphatic rings. The molecule has 1 aromatic carbocycles. The van der Waals surface area contributed by atoms with Gasteiger partial charge in [-0.15, -0.1) is 0 Å². The quantitative estimate of drug-likeness (QED) is 0.743. The third-order valence-electron chi connectivity index (χ3n) is 2.71. The van der Waals surface area contributed by atoms with Crippen molar-refractivity contribution < 1.29 is 9.90 Å². The molecule has 0 aromatic heterocycles. The Morgan fingerprint density at radius 2 is 1.88 bits per heavy atom. The Hall–Kier alpha value is -1.35. The SMILES string of the molecule is CC(C)c1ccc(C(=O)NCCCCO)cc1. The largest absolute Gasteiger partial charge is 0.396 e. The summed E-state index contributed by atoms with van der Waals surface area (Å²) in [7, 11) is 0. The van der Waals surface area contributed by atoms with Crippen LogP contribution in [0.1, 0.15) is 48.5 Å². The molecule has 0 aliphatic carbocycles. The van der Waals surface area contributed by atoms with E-state index in [0.717, 1.165) is 12.8 Å². The number of amides is 1. The Balaban J connectivity index is 2.46. The van der Waals surface area contributed by atoms with Gasteiger partial charge in [0.1, 0.15) is 0 Å². The molecule has 17 heavy (non-hydrogen) atoms. The van der Waals surface area contributed by atoms with Crippen LogP contribution >= 0.6 is 0 Å². The van der Waals surface area contributed by atoms with Gasteiger partial charge in [0.25, 0.3) is 5.91 Å². The molecule has 0 heterocycles. The van der Waals surface area contributed by atoms with E-state index in [1.807, 2.05) is 24.3 Å². The molecular formula is C14H21NO2. The lowest BCUT2D eigenvalue weighted by molar-refractivity contribution is 0.0952. The highest BCUT2D eigenvalue weighted by atomic mass is 16.2. The highest BCUT2D eigenvalue weighted by molar-refractivity contribution is 5.94. The fourth-order valence-electron chi connectivity index (χ4n) is 1.56. The Morgan fingerprint density at radius 1 is 1.24 bits per heavy atom. The van der Waals surface area contributed by atoms with Gasteiger partial charge in [-0.05, 0) is 36.5 Å². The molecule has 0 atom stereocenters. The first-order chi connectivity index (χ1) is 8.15. The minimum Gasteiger partial charge on any atom is -0.396 e. The number of aliphatic hydroxyl groups is 1. The molecule has 0 aliphatic heterocycles. The molecule has 0 unspecified atom stereocenters. The first kappa shape index (κ1) is 13.7. The maximum Gasteiger partial charge on any atom is 0.251 e. The summed E-state index contributed by atoms with van der Waals surface area (Å²) in [6, 6.07) is 7.70. The van der Waals surface area contributed by atoms with Crippen LogP contribution in [0.3, 0.4) is 0 Å². The van der Waals surface area contributed by atoms with Crippen molar-refractivity contribution in [1.29, 1.82) is 0 Å². The van der Waals surface area contributed by atoms with Gasteiger partial charge in [-0.1, -0.05) is 26.0 Å². The molecule has 0 radical (unpaired) electrons. The predicted molar refractivity (Wildman–Crippen MR) is 69.2 cm³/mol. The van der Waals surface area contributed by atoms with Gasteiger partial charge in [-0.2, -0.15) is 0 Å². The minimum absolute atomic E-state index is 0.0433. The molecule has 0 fully saturated rings. The zero-order valence-corrected chi connectivity index (χ0v) is 10.6. The van der Waals surface area contributed by atoms with Crippen LogP contribution < -0.4 is 5.32 Å². The van der Waals surface area contributed by atoms with Gasteiger partial charge >= 0.3 is 0 Å². The van der Waals surface area contributed by atoms with Crippen LogP contribution in [0.25, 0.3) is 0 Å². The number of carbonyl (C=O) groups is 1. The summed E-state index contributed by atoms with van der Waals surface area (Å²) in [6.45, 7) is 5.05. The highest BCUT2D eigenvalue weighted by Crippen LogP contribution is 2.14. The third kappa shape index (κ3) is 4.57. The molecule has 3 heteroatoms. The molecule has 1 aromatic rings. The van der Waals surface area contributed by atoms with Crippen molar-refractivity contribution in [1.82, 2.24) is 5.32 Å². The van der Waals surface area contributed by atoms with Crippen molar-refractivity contribution in [2.24, 2.45) is 0 Å². The van der Waals surface area contributed by atoms with Crippen molar-refractivity contribution in [2.45, 2.75) is 32.6 Å². The van der Waals surface area contributed by atoms with Crippen LogP contribution in [0, 0.1) is 0 Å². The van der Waals surface area contributed by atoms with Crippen LogP contribution in [0.4, 0.5) is 0 Å². The summed E-state index contributed by atoms with van der Waals surface area (Å²) >= 11 is 0. The molecule has 2 N–H and O–H groups in total. The second-order valence-electron chi connectivity index (χ2n) is 4.46. The van der Waals surface area contributed by atoms with Gasteiger partial charge in [0.15, 0.2) is 0 Å². The summed E-state index contributed by atoms with van der Waals surface area (Å²) in [6.07, 6.45) is 1.54. The normalized spacial score (nSPS) is 10.6. The summed E-state index contributed by atoms with van der Waals surface area (Å²) in [4.78, 5) is 11.7. The average Bonchev–Trinajstić information content (AvgIpc) is 2.34. The summed E-state index contributed by atoms with van der Waals surface area (Å²) < 4.78 is 0. The standard InChI is InChI=1S/C14H21NO2/c1-11(2)12-5-7-13(8-6-12)14(17)15-9-3-4-10-16/h5-8,11,16H,3-4,9-10H2,1-2H3,(H,15,17). The molecule has 3 nitrogen and oxygen atoms in total. The molecule has 0 saturated carbocycles. The van der Waals surface area contributed by atoms with Gasteiger partial charge in [0.05, 0.1) is 0 Å². The summed E-state index contributed by atoms with van der Waals surface area (Å²) in [5, 5.41) is 11.5. The number of carbonyl (C=O) groups excluding carboxylic acids is 1. The fourth-order valence-corrected chi connectivity index (χ4v) is 1.56. The first-order valence-corrected chi connectivity index (χ1v) is 6.14. The van der Waals surface area contributed by atoms with E-state index in [2.05, 4.69) is 19.2 Å². The molecule has 0 saturated heterocycles. The number of rotatable bonds is 6. The van der Waals surface area contributed by atoms with Gasteiger partial charge in [0.2, 0.25) is 0 Å². The van der Waals surface area contributed by atoms with Crippen LogP contribution in [0.15, 0.2) is 24.3 Å². The molecule has 94 valence electrons. The zero-order valence-electron chi connectivity index (χ0n) is 10.6. The van der Waals surface area contributed by atoms with Crippen LogP contribution in [-0.2, 0) is 0 Å². The lowest BCUT2D eigenvalue weighted by Gasteiger charge is -2.07. The second kappa shape index (κ2) is 7.07. The monoisotopic (exact) mass is 235 g/mol. The summed E-state index contributed by atoms with van der Waals surface area (Å²) in [5.74, 6) is 0.440. The van der Waals surface area contributed by atoms with E-state index in [9.17, 15) is 4.79 Å². The van der Waals surface area contributed by atoms with E-state index in [-0.39, 0.29) is 12.5 Å². The van der Waals surface area contributed by atoms with Crippen molar-refractivity contribution in [3.63, 3.8) is 0 Å². The molecule has 1 amide bonds. The van der Waals surface area contributed by atoms with Crippen molar-refractivity contribution in [3.8, 4) is 0 Å². The van der Waals surface area contributed by atoms with E-state index < -0.39 is 0 Å². The number of nitrogens with one attached hydrogen (secondary N) is 1. The Kier molecular flexibility index (Phi) is 5.70. The van der Waals surface area contributed by atoms with Gasteiger partial charge in [-0.3, -0.25) is 4.79 Å². The average molecular weight is 235 g/mol. The second-order valence-corrected chi connectivity index (χ2v) is 4.46. The Morgan fingerprint density at radius 3 is 2.41 bits per heavy atom. The lowest BCUT2D eigenvalue weighted by atomic mass is 10.0. The number of benzene rings is 1. The highest BCUT2D eigenvalue weighted by Gasteiger charge is 2.05.